The van der Waals surface area contributed by atoms with Crippen LogP contribution in [0.1, 0.15) is 76.2 Å². The van der Waals surface area contributed by atoms with E-state index < -0.39 is 10.1 Å². The Morgan fingerprint density at radius 2 is 1.87 bits per heavy atom. The normalized spacial score (nSPS) is 16.4. The van der Waals surface area contributed by atoms with E-state index in [4.69, 9.17) is 4.74 Å². The maximum atomic E-state index is 11.7. The van der Waals surface area contributed by atoms with Crippen molar-refractivity contribution in [1.29, 1.82) is 0 Å². The molecule has 130 valence electrons. The fraction of sp³-hybridized carbons (Fsp3) is 0.667. The second-order valence-electron chi connectivity index (χ2n) is 6.43. The number of hydrogen-bond donors (Lipinski definition) is 1. The van der Waals surface area contributed by atoms with Gasteiger partial charge in [0.25, 0.3) is 10.1 Å². The summed E-state index contributed by atoms with van der Waals surface area (Å²) in [7, 11) is -4.27. The standard InChI is InChI=1S/C18H28O4S/c1-2-3-4-8-13-22-17-12-11-16(14-18(17)23(19,20)21)15-9-6-5-7-10-15/h11-12,14-15H,2-10,13H2,1H3,(H,19,20,21). The highest BCUT2D eigenvalue weighted by atomic mass is 32.2. The Balaban J connectivity index is 2.11. The zero-order valence-corrected chi connectivity index (χ0v) is 14.8. The predicted octanol–water partition coefficient (Wildman–Crippen LogP) is 4.94. The Morgan fingerprint density at radius 1 is 1.13 bits per heavy atom. The molecule has 0 aliphatic heterocycles. The van der Waals surface area contributed by atoms with Crippen molar-refractivity contribution in [3.8, 4) is 5.75 Å². The molecule has 1 aromatic carbocycles. The third kappa shape index (κ3) is 5.50. The van der Waals surface area contributed by atoms with Gasteiger partial charge in [0.2, 0.25) is 0 Å². The van der Waals surface area contributed by atoms with Crippen LogP contribution in [0, 0.1) is 0 Å². The molecule has 1 aliphatic carbocycles. The molecule has 4 nitrogen and oxygen atoms in total. The molecule has 1 fully saturated rings. The summed E-state index contributed by atoms with van der Waals surface area (Å²) in [5, 5.41) is 0. The summed E-state index contributed by atoms with van der Waals surface area (Å²) in [4.78, 5) is -0.0870. The van der Waals surface area contributed by atoms with E-state index in [1.54, 1.807) is 12.1 Å². The van der Waals surface area contributed by atoms with Crippen LogP contribution >= 0.6 is 0 Å². The van der Waals surface area contributed by atoms with Gasteiger partial charge in [0.15, 0.2) is 0 Å². The van der Waals surface area contributed by atoms with Crippen LogP contribution in [0.3, 0.4) is 0 Å². The summed E-state index contributed by atoms with van der Waals surface area (Å²) in [5.74, 6) is 0.659. The van der Waals surface area contributed by atoms with Gasteiger partial charge in [0, 0.05) is 0 Å². The summed E-state index contributed by atoms with van der Waals surface area (Å²) in [6.07, 6.45) is 10.0. The maximum Gasteiger partial charge on any atom is 0.298 e. The third-order valence-electron chi connectivity index (χ3n) is 4.58. The summed E-state index contributed by atoms with van der Waals surface area (Å²) in [6, 6.07) is 5.26. The van der Waals surface area contributed by atoms with Gasteiger partial charge in [0.05, 0.1) is 6.61 Å². The van der Waals surface area contributed by atoms with Crippen molar-refractivity contribution in [2.45, 2.75) is 75.5 Å². The Hall–Kier alpha value is -1.07. The molecule has 0 bridgehead atoms. The summed E-state index contributed by atoms with van der Waals surface area (Å²) >= 11 is 0. The lowest BCUT2D eigenvalue weighted by atomic mass is 9.84. The second kappa shape index (κ2) is 8.69. The van der Waals surface area contributed by atoms with E-state index >= 15 is 0 Å². The number of rotatable bonds is 8. The van der Waals surface area contributed by atoms with Gasteiger partial charge in [-0.25, -0.2) is 0 Å². The fourth-order valence-electron chi connectivity index (χ4n) is 3.25. The lowest BCUT2D eigenvalue weighted by Gasteiger charge is -2.22. The van der Waals surface area contributed by atoms with Gasteiger partial charge in [-0.05, 0) is 42.9 Å². The molecule has 0 aromatic heterocycles. The zero-order chi connectivity index (χ0) is 16.7. The molecule has 23 heavy (non-hydrogen) atoms. The topological polar surface area (TPSA) is 63.6 Å². The minimum atomic E-state index is -4.27. The molecule has 0 unspecified atom stereocenters. The van der Waals surface area contributed by atoms with Gasteiger partial charge < -0.3 is 4.74 Å². The van der Waals surface area contributed by atoms with E-state index in [-0.39, 0.29) is 10.6 Å². The molecule has 2 rings (SSSR count). The summed E-state index contributed by atoms with van der Waals surface area (Å²) in [5.41, 5.74) is 0.996. The van der Waals surface area contributed by atoms with Crippen LogP contribution in [-0.4, -0.2) is 19.6 Å². The highest BCUT2D eigenvalue weighted by Crippen LogP contribution is 2.36. The smallest absolute Gasteiger partial charge is 0.298 e. The summed E-state index contributed by atoms with van der Waals surface area (Å²) < 4.78 is 38.5. The van der Waals surface area contributed by atoms with Crippen molar-refractivity contribution in [2.75, 3.05) is 6.61 Å². The van der Waals surface area contributed by atoms with E-state index in [1.165, 1.54) is 19.3 Å². The van der Waals surface area contributed by atoms with Crippen LogP contribution in [0.4, 0.5) is 0 Å². The molecule has 0 atom stereocenters. The fourth-order valence-corrected chi connectivity index (χ4v) is 3.91. The molecule has 1 saturated carbocycles. The second-order valence-corrected chi connectivity index (χ2v) is 7.82. The van der Waals surface area contributed by atoms with Crippen molar-refractivity contribution in [3.63, 3.8) is 0 Å². The minimum Gasteiger partial charge on any atom is -0.492 e. The molecule has 1 aromatic rings. The average Bonchev–Trinajstić information content (AvgIpc) is 2.55. The average molecular weight is 340 g/mol. The van der Waals surface area contributed by atoms with Gasteiger partial charge in [-0.1, -0.05) is 51.5 Å². The van der Waals surface area contributed by atoms with Crippen LogP contribution in [0.5, 0.6) is 5.75 Å². The Kier molecular flexibility index (Phi) is 6.90. The van der Waals surface area contributed by atoms with Gasteiger partial charge in [-0.15, -0.1) is 0 Å². The van der Waals surface area contributed by atoms with Crippen molar-refractivity contribution in [1.82, 2.24) is 0 Å². The molecular formula is C18H28O4S. The van der Waals surface area contributed by atoms with Gasteiger partial charge in [0.1, 0.15) is 10.6 Å². The van der Waals surface area contributed by atoms with E-state index in [1.807, 2.05) is 6.07 Å². The quantitative estimate of drug-likeness (QED) is 0.538. The number of hydrogen-bond acceptors (Lipinski definition) is 3. The Labute approximate surface area is 140 Å². The highest BCUT2D eigenvalue weighted by molar-refractivity contribution is 7.86. The van der Waals surface area contributed by atoms with Crippen LogP contribution in [0.2, 0.25) is 0 Å². The SMILES string of the molecule is CCCCCCOc1ccc(C2CCCCC2)cc1S(=O)(=O)O. The van der Waals surface area contributed by atoms with Crippen molar-refractivity contribution in [3.05, 3.63) is 23.8 Å². The highest BCUT2D eigenvalue weighted by Gasteiger charge is 2.22. The molecule has 1 N–H and O–H groups in total. The van der Waals surface area contributed by atoms with Crippen LogP contribution in [0.15, 0.2) is 23.1 Å². The van der Waals surface area contributed by atoms with E-state index in [0.29, 0.717) is 12.5 Å². The van der Waals surface area contributed by atoms with Gasteiger partial charge in [-0.3, -0.25) is 4.55 Å². The molecular weight excluding hydrogens is 312 g/mol. The first kappa shape index (κ1) is 18.3. The first-order valence-electron chi connectivity index (χ1n) is 8.76. The van der Waals surface area contributed by atoms with Crippen molar-refractivity contribution in [2.24, 2.45) is 0 Å². The maximum absolute atomic E-state index is 11.7. The first-order valence-corrected chi connectivity index (χ1v) is 10.2. The number of unbranched alkanes of at least 4 members (excludes halogenated alkanes) is 3. The Bertz CT molecular complexity index is 589. The monoisotopic (exact) mass is 340 g/mol. The molecule has 0 heterocycles. The zero-order valence-electron chi connectivity index (χ0n) is 14.0. The molecule has 0 amide bonds. The lowest BCUT2D eigenvalue weighted by molar-refractivity contribution is 0.296. The van der Waals surface area contributed by atoms with E-state index in [9.17, 15) is 13.0 Å². The van der Waals surface area contributed by atoms with E-state index in [2.05, 4.69) is 6.92 Å². The molecule has 0 spiro atoms. The van der Waals surface area contributed by atoms with Crippen LogP contribution in [0.25, 0.3) is 0 Å². The van der Waals surface area contributed by atoms with E-state index in [0.717, 1.165) is 44.1 Å². The third-order valence-corrected chi connectivity index (χ3v) is 5.45. The number of ether oxygens (including phenoxy) is 1. The molecule has 0 saturated heterocycles. The first-order chi connectivity index (χ1) is 11.0. The molecule has 5 heteroatoms. The molecule has 0 radical (unpaired) electrons. The minimum absolute atomic E-state index is 0.0870. The lowest BCUT2D eigenvalue weighted by Crippen LogP contribution is -2.09. The largest absolute Gasteiger partial charge is 0.492 e. The van der Waals surface area contributed by atoms with Crippen molar-refractivity contribution >= 4 is 10.1 Å². The molecule has 1 aliphatic rings. The van der Waals surface area contributed by atoms with Crippen molar-refractivity contribution < 1.29 is 17.7 Å². The Morgan fingerprint density at radius 3 is 2.52 bits per heavy atom. The predicted molar refractivity (Wildman–Crippen MR) is 91.7 cm³/mol. The van der Waals surface area contributed by atoms with Gasteiger partial charge in [-0.2, -0.15) is 8.42 Å². The van der Waals surface area contributed by atoms with Gasteiger partial charge >= 0.3 is 0 Å². The van der Waals surface area contributed by atoms with Crippen LogP contribution in [-0.2, 0) is 10.1 Å². The summed E-state index contributed by atoms with van der Waals surface area (Å²) in [6.45, 7) is 2.62. The van der Waals surface area contributed by atoms with Crippen LogP contribution < -0.4 is 4.74 Å². The number of benzene rings is 1.